The molecule has 5 nitrogen and oxygen atoms in total. The van der Waals surface area contributed by atoms with Gasteiger partial charge < -0.3 is 10.1 Å². The van der Waals surface area contributed by atoms with Crippen LogP contribution >= 0.6 is 11.6 Å². The number of halogens is 1. The SMILES string of the molecule is CC(C)c1ccccc1NC(=O)Cc1ccc(Cl)c(Oc2cc(C#N)cc(C#N)c2)c1. The Bertz CT molecular complexity index is 1170. The molecule has 31 heavy (non-hydrogen) atoms. The molecule has 6 heteroatoms. The first-order valence-electron chi connectivity index (χ1n) is 9.70. The molecule has 0 aliphatic heterocycles. The van der Waals surface area contributed by atoms with Gasteiger partial charge in [-0.25, -0.2) is 0 Å². The van der Waals surface area contributed by atoms with Gasteiger partial charge in [0.1, 0.15) is 11.5 Å². The molecule has 0 radical (unpaired) electrons. The van der Waals surface area contributed by atoms with Crippen LogP contribution < -0.4 is 10.1 Å². The second-order valence-corrected chi connectivity index (χ2v) is 7.71. The van der Waals surface area contributed by atoms with Crippen molar-refractivity contribution in [3.8, 4) is 23.6 Å². The minimum absolute atomic E-state index is 0.141. The van der Waals surface area contributed by atoms with Gasteiger partial charge in [0.25, 0.3) is 0 Å². The average Bonchev–Trinajstić information content (AvgIpc) is 2.76. The summed E-state index contributed by atoms with van der Waals surface area (Å²) >= 11 is 6.26. The number of hydrogen-bond donors (Lipinski definition) is 1. The Kier molecular flexibility index (Phi) is 6.92. The van der Waals surface area contributed by atoms with Crippen molar-refractivity contribution in [2.24, 2.45) is 0 Å². The molecule has 0 bridgehead atoms. The Morgan fingerprint density at radius 1 is 1.03 bits per heavy atom. The molecule has 0 saturated heterocycles. The van der Waals surface area contributed by atoms with Gasteiger partial charge in [-0.05, 0) is 53.4 Å². The third-order valence-corrected chi connectivity index (χ3v) is 4.92. The lowest BCUT2D eigenvalue weighted by Gasteiger charge is -2.14. The van der Waals surface area contributed by atoms with E-state index in [4.69, 9.17) is 26.9 Å². The highest BCUT2D eigenvalue weighted by atomic mass is 35.5. The summed E-state index contributed by atoms with van der Waals surface area (Å²) in [7, 11) is 0. The molecule has 3 aromatic rings. The predicted molar refractivity (Wildman–Crippen MR) is 120 cm³/mol. The van der Waals surface area contributed by atoms with Crippen LogP contribution in [0.15, 0.2) is 60.7 Å². The summed E-state index contributed by atoms with van der Waals surface area (Å²) in [4.78, 5) is 12.6. The van der Waals surface area contributed by atoms with E-state index in [2.05, 4.69) is 19.2 Å². The zero-order chi connectivity index (χ0) is 22.4. The number of nitrogens with zero attached hydrogens (tertiary/aromatic N) is 2. The minimum atomic E-state index is -0.153. The van der Waals surface area contributed by atoms with E-state index < -0.39 is 0 Å². The van der Waals surface area contributed by atoms with Crippen LogP contribution in [0, 0.1) is 22.7 Å². The molecular formula is C25H20ClN3O2. The van der Waals surface area contributed by atoms with Crippen LogP contribution in [0.4, 0.5) is 5.69 Å². The van der Waals surface area contributed by atoms with Crippen molar-refractivity contribution in [1.29, 1.82) is 10.5 Å². The Balaban J connectivity index is 1.78. The zero-order valence-electron chi connectivity index (χ0n) is 17.1. The minimum Gasteiger partial charge on any atom is -0.456 e. The third kappa shape index (κ3) is 5.63. The summed E-state index contributed by atoms with van der Waals surface area (Å²) in [6.45, 7) is 4.15. The van der Waals surface area contributed by atoms with E-state index in [9.17, 15) is 4.79 Å². The predicted octanol–water partition coefficient (Wildman–Crippen LogP) is 6.18. The molecule has 0 atom stereocenters. The fourth-order valence-electron chi connectivity index (χ4n) is 3.14. The second-order valence-electron chi connectivity index (χ2n) is 7.30. The Labute approximate surface area is 186 Å². The molecule has 0 aliphatic carbocycles. The van der Waals surface area contributed by atoms with Gasteiger partial charge in [-0.1, -0.05) is 49.7 Å². The molecule has 1 N–H and O–H groups in total. The van der Waals surface area contributed by atoms with E-state index in [1.807, 2.05) is 36.4 Å². The number of anilines is 1. The van der Waals surface area contributed by atoms with Crippen molar-refractivity contribution < 1.29 is 9.53 Å². The molecule has 0 saturated carbocycles. The fourth-order valence-corrected chi connectivity index (χ4v) is 3.30. The van der Waals surface area contributed by atoms with Crippen molar-refractivity contribution in [2.45, 2.75) is 26.2 Å². The Morgan fingerprint density at radius 2 is 1.71 bits per heavy atom. The Morgan fingerprint density at radius 3 is 2.35 bits per heavy atom. The van der Waals surface area contributed by atoms with E-state index >= 15 is 0 Å². The third-order valence-electron chi connectivity index (χ3n) is 4.61. The first-order chi connectivity index (χ1) is 14.9. The van der Waals surface area contributed by atoms with Gasteiger partial charge in [-0.2, -0.15) is 10.5 Å². The number of nitriles is 2. The maximum atomic E-state index is 12.6. The molecule has 0 unspecified atom stereocenters. The number of nitrogens with one attached hydrogen (secondary N) is 1. The van der Waals surface area contributed by atoms with E-state index in [0.717, 1.165) is 16.8 Å². The van der Waals surface area contributed by atoms with E-state index in [0.29, 0.717) is 27.6 Å². The largest absolute Gasteiger partial charge is 0.456 e. The van der Waals surface area contributed by atoms with Gasteiger partial charge in [0, 0.05) is 5.69 Å². The van der Waals surface area contributed by atoms with Crippen molar-refractivity contribution in [1.82, 2.24) is 0 Å². The number of rotatable bonds is 6. The number of carbonyl (C=O) groups is 1. The number of carbonyl (C=O) groups excluding carboxylic acids is 1. The van der Waals surface area contributed by atoms with Crippen LogP contribution in [-0.2, 0) is 11.2 Å². The average molecular weight is 430 g/mol. The van der Waals surface area contributed by atoms with Crippen LogP contribution in [0.2, 0.25) is 5.02 Å². The number of benzene rings is 3. The smallest absolute Gasteiger partial charge is 0.228 e. The highest BCUT2D eigenvalue weighted by Gasteiger charge is 2.12. The molecule has 0 fully saturated rings. The first-order valence-corrected chi connectivity index (χ1v) is 10.1. The lowest BCUT2D eigenvalue weighted by Crippen LogP contribution is -2.16. The summed E-state index contributed by atoms with van der Waals surface area (Å²) in [6.07, 6.45) is 0.141. The molecule has 0 heterocycles. The number of para-hydroxylation sites is 1. The van der Waals surface area contributed by atoms with Crippen LogP contribution in [0.1, 0.15) is 42.0 Å². The summed E-state index contributed by atoms with van der Waals surface area (Å²) < 4.78 is 5.82. The summed E-state index contributed by atoms with van der Waals surface area (Å²) in [5, 5.41) is 21.6. The highest BCUT2D eigenvalue weighted by molar-refractivity contribution is 6.32. The van der Waals surface area contributed by atoms with E-state index in [1.54, 1.807) is 18.2 Å². The summed E-state index contributed by atoms with van der Waals surface area (Å²) in [5.74, 6) is 0.799. The highest BCUT2D eigenvalue weighted by Crippen LogP contribution is 2.32. The normalized spacial score (nSPS) is 10.3. The summed E-state index contributed by atoms with van der Waals surface area (Å²) in [6, 6.07) is 21.4. The molecule has 0 aliphatic rings. The Hall–Kier alpha value is -3.80. The molecule has 0 spiro atoms. The molecule has 154 valence electrons. The first kappa shape index (κ1) is 21.9. The van der Waals surface area contributed by atoms with Gasteiger partial charge >= 0.3 is 0 Å². The molecule has 3 aromatic carbocycles. The van der Waals surface area contributed by atoms with Crippen LogP contribution in [0.5, 0.6) is 11.5 Å². The van der Waals surface area contributed by atoms with Crippen molar-refractivity contribution in [3.05, 3.63) is 87.9 Å². The van der Waals surface area contributed by atoms with E-state index in [-0.39, 0.29) is 18.2 Å². The topological polar surface area (TPSA) is 85.9 Å². The maximum Gasteiger partial charge on any atom is 0.228 e. The van der Waals surface area contributed by atoms with Gasteiger partial charge in [-0.15, -0.1) is 0 Å². The van der Waals surface area contributed by atoms with Gasteiger partial charge in [0.05, 0.1) is 34.7 Å². The van der Waals surface area contributed by atoms with Crippen molar-refractivity contribution in [3.63, 3.8) is 0 Å². The van der Waals surface area contributed by atoms with Crippen LogP contribution in [-0.4, -0.2) is 5.91 Å². The standard InChI is InChI=1S/C25H20ClN3O2/c1-16(2)21-5-3-4-6-23(21)29-25(30)13-17-7-8-22(26)24(12-17)31-20-10-18(14-27)9-19(11-20)15-28/h3-12,16H,13H2,1-2H3,(H,29,30). The van der Waals surface area contributed by atoms with Crippen LogP contribution in [0.25, 0.3) is 0 Å². The second kappa shape index (κ2) is 9.80. The zero-order valence-corrected chi connectivity index (χ0v) is 17.9. The fraction of sp³-hybridized carbons (Fsp3) is 0.160. The van der Waals surface area contributed by atoms with Gasteiger partial charge in [0.15, 0.2) is 0 Å². The van der Waals surface area contributed by atoms with Gasteiger partial charge in [0.2, 0.25) is 5.91 Å². The van der Waals surface area contributed by atoms with E-state index in [1.165, 1.54) is 18.2 Å². The molecule has 1 amide bonds. The number of ether oxygens (including phenoxy) is 1. The molecular weight excluding hydrogens is 410 g/mol. The lowest BCUT2D eigenvalue weighted by atomic mass is 10.0. The maximum absolute atomic E-state index is 12.6. The van der Waals surface area contributed by atoms with Crippen molar-refractivity contribution >= 4 is 23.2 Å². The van der Waals surface area contributed by atoms with Crippen molar-refractivity contribution in [2.75, 3.05) is 5.32 Å². The van der Waals surface area contributed by atoms with Crippen LogP contribution in [0.3, 0.4) is 0 Å². The quantitative estimate of drug-likeness (QED) is 0.506. The summed E-state index contributed by atoms with van der Waals surface area (Å²) in [5.41, 5.74) is 3.21. The van der Waals surface area contributed by atoms with Gasteiger partial charge in [-0.3, -0.25) is 4.79 Å². The monoisotopic (exact) mass is 429 g/mol. The number of amides is 1. The molecule has 0 aromatic heterocycles. The lowest BCUT2D eigenvalue weighted by molar-refractivity contribution is -0.115. The molecule has 3 rings (SSSR count). The number of hydrogen-bond acceptors (Lipinski definition) is 4.